The number of para-hydroxylation sites is 2. The molecule has 0 bridgehead atoms. The fraction of sp³-hybridized carbons (Fsp3) is 0. The third-order valence-electron chi connectivity index (χ3n) is 11.7. The molecule has 57 heavy (non-hydrogen) atoms. The van der Waals surface area contributed by atoms with E-state index in [1.807, 2.05) is 11.3 Å². The van der Waals surface area contributed by atoms with Crippen LogP contribution < -0.4 is 0 Å². The lowest BCUT2D eigenvalue weighted by molar-refractivity contribution is 1.18. The fourth-order valence-corrected chi connectivity index (χ4v) is 10.2. The summed E-state index contributed by atoms with van der Waals surface area (Å²) in [6.45, 7) is 0. The van der Waals surface area contributed by atoms with Crippen LogP contribution in [0.3, 0.4) is 0 Å². The molecule has 0 spiro atoms. The van der Waals surface area contributed by atoms with Gasteiger partial charge < -0.3 is 9.13 Å². The molecule has 0 atom stereocenters. The van der Waals surface area contributed by atoms with Gasteiger partial charge in [-0.25, -0.2) is 0 Å². The fourth-order valence-electron chi connectivity index (χ4n) is 9.01. The standard InChI is InChI=1S/C54H34N2S/c1-3-11-35(12-4-1)37-19-24-41(25-20-37)55-49-17-9-7-15-43(49)47-31-38(22-29-51(47)55)39-23-30-52-48(32-39)44-16-8-10-18-50(44)56(52)42-26-28-46-45-27-21-40(36-13-5-2-6-14-36)33-53(45)57-54(46)34-42/h1-34H. The van der Waals surface area contributed by atoms with Gasteiger partial charge in [0.1, 0.15) is 0 Å². The van der Waals surface area contributed by atoms with E-state index in [4.69, 9.17) is 0 Å². The lowest BCUT2D eigenvalue weighted by atomic mass is 10.0. The molecule has 3 heterocycles. The van der Waals surface area contributed by atoms with Crippen LogP contribution in [0.5, 0.6) is 0 Å². The van der Waals surface area contributed by atoms with Gasteiger partial charge in [-0.3, -0.25) is 0 Å². The second-order valence-electron chi connectivity index (χ2n) is 14.9. The summed E-state index contributed by atoms with van der Waals surface area (Å²) in [5.41, 5.74) is 14.6. The summed E-state index contributed by atoms with van der Waals surface area (Å²) < 4.78 is 7.45. The number of aromatic nitrogens is 2. The maximum absolute atomic E-state index is 2.44. The molecule has 12 rings (SSSR count). The maximum Gasteiger partial charge on any atom is 0.0541 e. The van der Waals surface area contributed by atoms with Crippen LogP contribution in [-0.2, 0) is 0 Å². The minimum atomic E-state index is 1.16. The molecule has 266 valence electrons. The molecule has 0 radical (unpaired) electrons. The number of thiophene rings is 1. The first-order chi connectivity index (χ1) is 28.2. The minimum Gasteiger partial charge on any atom is -0.309 e. The molecule has 0 fully saturated rings. The van der Waals surface area contributed by atoms with Gasteiger partial charge >= 0.3 is 0 Å². The van der Waals surface area contributed by atoms with Gasteiger partial charge in [0, 0.05) is 53.1 Å². The molecule has 0 saturated carbocycles. The Balaban J connectivity index is 0.963. The molecular formula is C54H34N2S. The van der Waals surface area contributed by atoms with Crippen LogP contribution in [-0.4, -0.2) is 9.13 Å². The summed E-state index contributed by atoms with van der Waals surface area (Å²) in [4.78, 5) is 0. The smallest absolute Gasteiger partial charge is 0.0541 e. The Hall–Kier alpha value is -7.20. The number of rotatable bonds is 5. The zero-order chi connectivity index (χ0) is 37.5. The highest BCUT2D eigenvalue weighted by atomic mass is 32.1. The van der Waals surface area contributed by atoms with E-state index in [9.17, 15) is 0 Å². The third kappa shape index (κ3) is 5.10. The van der Waals surface area contributed by atoms with E-state index in [2.05, 4.69) is 215 Å². The predicted octanol–water partition coefficient (Wildman–Crippen LogP) is 15.2. The predicted molar refractivity (Wildman–Crippen MR) is 244 cm³/mol. The lowest BCUT2D eigenvalue weighted by Gasteiger charge is -2.10. The second kappa shape index (κ2) is 12.7. The van der Waals surface area contributed by atoms with Crippen molar-refractivity contribution in [2.45, 2.75) is 0 Å². The lowest BCUT2D eigenvalue weighted by Crippen LogP contribution is -1.94. The molecule has 0 N–H and O–H groups in total. The van der Waals surface area contributed by atoms with Crippen molar-refractivity contribution in [3.63, 3.8) is 0 Å². The van der Waals surface area contributed by atoms with E-state index in [-0.39, 0.29) is 0 Å². The monoisotopic (exact) mass is 742 g/mol. The average molecular weight is 743 g/mol. The summed E-state index contributed by atoms with van der Waals surface area (Å²) in [7, 11) is 0. The summed E-state index contributed by atoms with van der Waals surface area (Å²) in [6.07, 6.45) is 0. The van der Waals surface area contributed by atoms with Gasteiger partial charge in [0.05, 0.1) is 22.1 Å². The first kappa shape index (κ1) is 32.1. The van der Waals surface area contributed by atoms with Gasteiger partial charge in [-0.1, -0.05) is 140 Å². The molecule has 12 aromatic rings. The Morgan fingerprint density at radius 2 is 0.649 bits per heavy atom. The van der Waals surface area contributed by atoms with Crippen molar-refractivity contribution >= 4 is 75.1 Å². The average Bonchev–Trinajstić information content (AvgIpc) is 3.93. The summed E-state index contributed by atoms with van der Waals surface area (Å²) >= 11 is 1.88. The molecule has 0 amide bonds. The first-order valence-electron chi connectivity index (χ1n) is 19.5. The van der Waals surface area contributed by atoms with E-state index in [1.54, 1.807) is 0 Å². The molecule has 3 heteroatoms. The molecular weight excluding hydrogens is 709 g/mol. The van der Waals surface area contributed by atoms with Gasteiger partial charge in [0.15, 0.2) is 0 Å². The van der Waals surface area contributed by atoms with Crippen LogP contribution in [0.1, 0.15) is 0 Å². The molecule has 0 aliphatic heterocycles. The highest BCUT2D eigenvalue weighted by Crippen LogP contribution is 2.41. The molecule has 0 aliphatic carbocycles. The topological polar surface area (TPSA) is 9.86 Å². The normalized spacial score (nSPS) is 11.9. The highest BCUT2D eigenvalue weighted by molar-refractivity contribution is 7.25. The number of benzene rings is 9. The Morgan fingerprint density at radius 3 is 1.26 bits per heavy atom. The van der Waals surface area contributed by atoms with E-state index < -0.39 is 0 Å². The van der Waals surface area contributed by atoms with Crippen LogP contribution in [0.25, 0.3) is 109 Å². The van der Waals surface area contributed by atoms with Crippen LogP contribution in [0.4, 0.5) is 0 Å². The Bertz CT molecular complexity index is 3490. The van der Waals surface area contributed by atoms with Crippen LogP contribution >= 0.6 is 11.3 Å². The zero-order valence-electron chi connectivity index (χ0n) is 30.9. The zero-order valence-corrected chi connectivity index (χ0v) is 31.7. The Morgan fingerprint density at radius 1 is 0.246 bits per heavy atom. The van der Waals surface area contributed by atoms with Crippen LogP contribution in [0.15, 0.2) is 206 Å². The van der Waals surface area contributed by atoms with Gasteiger partial charge in [0.25, 0.3) is 0 Å². The molecule has 0 saturated heterocycles. The van der Waals surface area contributed by atoms with Gasteiger partial charge in [0.2, 0.25) is 0 Å². The summed E-state index contributed by atoms with van der Waals surface area (Å²) in [6, 6.07) is 75.6. The summed E-state index contributed by atoms with van der Waals surface area (Å²) in [5, 5.41) is 7.65. The molecule has 9 aromatic carbocycles. The quantitative estimate of drug-likeness (QED) is 0.166. The largest absolute Gasteiger partial charge is 0.309 e. The number of hydrogen-bond donors (Lipinski definition) is 0. The number of fused-ring (bicyclic) bond motifs is 9. The van der Waals surface area contributed by atoms with Crippen molar-refractivity contribution in [3.8, 4) is 44.8 Å². The highest BCUT2D eigenvalue weighted by Gasteiger charge is 2.17. The summed E-state index contributed by atoms with van der Waals surface area (Å²) in [5.74, 6) is 0. The third-order valence-corrected chi connectivity index (χ3v) is 12.8. The van der Waals surface area contributed by atoms with Crippen molar-refractivity contribution in [2.75, 3.05) is 0 Å². The van der Waals surface area contributed by atoms with E-state index in [1.165, 1.54) is 103 Å². The minimum absolute atomic E-state index is 1.16. The molecule has 0 aliphatic rings. The van der Waals surface area contributed by atoms with Gasteiger partial charge in [-0.15, -0.1) is 11.3 Å². The van der Waals surface area contributed by atoms with Crippen LogP contribution in [0, 0.1) is 0 Å². The van der Waals surface area contributed by atoms with E-state index in [0.29, 0.717) is 0 Å². The van der Waals surface area contributed by atoms with Gasteiger partial charge in [-0.05, 0) is 100 Å². The van der Waals surface area contributed by atoms with Crippen molar-refractivity contribution in [1.29, 1.82) is 0 Å². The van der Waals surface area contributed by atoms with E-state index >= 15 is 0 Å². The van der Waals surface area contributed by atoms with Crippen molar-refractivity contribution in [1.82, 2.24) is 9.13 Å². The van der Waals surface area contributed by atoms with E-state index in [0.717, 1.165) is 5.69 Å². The number of nitrogens with zero attached hydrogens (tertiary/aromatic N) is 2. The second-order valence-corrected chi connectivity index (χ2v) is 16.0. The molecule has 2 nitrogen and oxygen atoms in total. The maximum atomic E-state index is 2.44. The Kier molecular flexibility index (Phi) is 7.13. The first-order valence-corrected chi connectivity index (χ1v) is 20.3. The van der Waals surface area contributed by atoms with Crippen molar-refractivity contribution < 1.29 is 0 Å². The number of hydrogen-bond acceptors (Lipinski definition) is 1. The SMILES string of the molecule is c1ccc(-c2ccc(-n3c4ccccc4c4cc(-c5ccc6c(c5)c5ccccc5n6-c5ccc6c(c5)sc5cc(-c7ccccc7)ccc56)ccc43)cc2)cc1. The van der Waals surface area contributed by atoms with Crippen molar-refractivity contribution in [2.24, 2.45) is 0 Å². The van der Waals surface area contributed by atoms with Crippen molar-refractivity contribution in [3.05, 3.63) is 206 Å². The Labute approximate surface area is 333 Å². The molecule has 3 aromatic heterocycles. The molecule has 0 unspecified atom stereocenters. The van der Waals surface area contributed by atoms with Crippen LogP contribution in [0.2, 0.25) is 0 Å². The van der Waals surface area contributed by atoms with Gasteiger partial charge in [-0.2, -0.15) is 0 Å².